The van der Waals surface area contributed by atoms with E-state index in [2.05, 4.69) is 19.1 Å². The highest BCUT2D eigenvalue weighted by Crippen LogP contribution is 2.36. The van der Waals surface area contributed by atoms with Crippen molar-refractivity contribution in [2.24, 2.45) is 0 Å². The molecule has 1 aromatic carbocycles. The summed E-state index contributed by atoms with van der Waals surface area (Å²) in [4.78, 5) is 29.1. The van der Waals surface area contributed by atoms with E-state index in [1.54, 1.807) is 0 Å². The van der Waals surface area contributed by atoms with Crippen LogP contribution in [0.25, 0.3) is 0 Å². The number of hydrogen-bond donors (Lipinski definition) is 0. The molecule has 3 rings (SSSR count). The van der Waals surface area contributed by atoms with Gasteiger partial charge >= 0.3 is 0 Å². The first-order valence-electron chi connectivity index (χ1n) is 9.27. The lowest BCUT2D eigenvalue weighted by Gasteiger charge is -2.52. The summed E-state index contributed by atoms with van der Waals surface area (Å²) < 4.78 is 0. The van der Waals surface area contributed by atoms with Gasteiger partial charge in [0.25, 0.3) is 0 Å². The molecule has 2 heterocycles. The third kappa shape index (κ3) is 3.47. The lowest BCUT2D eigenvalue weighted by molar-refractivity contribution is -0.150. The van der Waals surface area contributed by atoms with Crippen LogP contribution >= 0.6 is 0 Å². The van der Waals surface area contributed by atoms with Crippen LogP contribution in [0, 0.1) is 0 Å². The molecule has 130 valence electrons. The fraction of sp³-hybridized carbons (Fsp3) is 0.600. The second-order valence-corrected chi connectivity index (χ2v) is 7.12. The Morgan fingerprint density at radius 3 is 2.67 bits per heavy atom. The predicted octanol–water partition coefficient (Wildman–Crippen LogP) is 3.01. The third-order valence-electron chi connectivity index (χ3n) is 5.60. The molecular weight excluding hydrogens is 300 g/mol. The Bertz CT molecular complexity index is 583. The minimum absolute atomic E-state index is 0.106. The van der Waals surface area contributed by atoms with Gasteiger partial charge in [0.2, 0.25) is 11.8 Å². The van der Waals surface area contributed by atoms with E-state index in [4.69, 9.17) is 0 Å². The number of nitrogens with zero attached hydrogens (tertiary/aromatic N) is 2. The Morgan fingerprint density at radius 2 is 1.92 bits per heavy atom. The van der Waals surface area contributed by atoms with Gasteiger partial charge in [0.1, 0.15) is 0 Å². The topological polar surface area (TPSA) is 40.6 Å². The molecule has 4 nitrogen and oxygen atoms in total. The molecule has 24 heavy (non-hydrogen) atoms. The van der Waals surface area contributed by atoms with E-state index in [1.807, 2.05) is 28.0 Å². The van der Waals surface area contributed by atoms with Crippen molar-refractivity contribution in [2.75, 3.05) is 19.6 Å². The molecule has 2 aliphatic rings. The van der Waals surface area contributed by atoms with Crippen molar-refractivity contribution < 1.29 is 9.59 Å². The smallest absolute Gasteiger partial charge is 0.223 e. The van der Waals surface area contributed by atoms with Crippen LogP contribution < -0.4 is 0 Å². The van der Waals surface area contributed by atoms with Crippen LogP contribution in [0.1, 0.15) is 51.0 Å². The van der Waals surface area contributed by atoms with Gasteiger partial charge in [-0.1, -0.05) is 30.3 Å². The van der Waals surface area contributed by atoms with Gasteiger partial charge in [0.05, 0.1) is 5.54 Å². The Balaban J connectivity index is 1.64. The monoisotopic (exact) mass is 328 g/mol. The third-order valence-corrected chi connectivity index (χ3v) is 5.60. The Hall–Kier alpha value is -1.84. The summed E-state index contributed by atoms with van der Waals surface area (Å²) in [5.41, 5.74) is 1.10. The standard InChI is InChI=1S/C20H28N2O2/c1-2-22-19(24)10-6-13-20(22)14-7-15-21(16-20)18(23)12-11-17-8-4-3-5-9-17/h3-5,8-9H,2,6-7,10-16H2,1H3/t20-/m0/s1. The van der Waals surface area contributed by atoms with Crippen LogP contribution in [0.4, 0.5) is 0 Å². The molecule has 0 aliphatic carbocycles. The quantitative estimate of drug-likeness (QED) is 0.852. The average molecular weight is 328 g/mol. The first kappa shape index (κ1) is 17.0. The maximum atomic E-state index is 12.7. The maximum Gasteiger partial charge on any atom is 0.223 e. The number of hydrogen-bond acceptors (Lipinski definition) is 2. The van der Waals surface area contributed by atoms with Crippen molar-refractivity contribution >= 4 is 11.8 Å². The molecule has 0 aromatic heterocycles. The number of piperidine rings is 2. The molecule has 0 N–H and O–H groups in total. The van der Waals surface area contributed by atoms with Crippen molar-refractivity contribution in [2.45, 2.75) is 57.4 Å². The highest BCUT2D eigenvalue weighted by molar-refractivity contribution is 5.79. The van der Waals surface area contributed by atoms with E-state index in [0.29, 0.717) is 12.8 Å². The number of likely N-dealkylation sites (tertiary alicyclic amines) is 2. The van der Waals surface area contributed by atoms with Crippen LogP contribution in [0.5, 0.6) is 0 Å². The van der Waals surface area contributed by atoms with Gasteiger partial charge in [-0.15, -0.1) is 0 Å². The van der Waals surface area contributed by atoms with E-state index >= 15 is 0 Å². The molecule has 2 fully saturated rings. The summed E-state index contributed by atoms with van der Waals surface area (Å²) >= 11 is 0. The van der Waals surface area contributed by atoms with E-state index in [0.717, 1.165) is 51.7 Å². The summed E-state index contributed by atoms with van der Waals surface area (Å²) in [5.74, 6) is 0.495. The summed E-state index contributed by atoms with van der Waals surface area (Å²) in [6.45, 7) is 4.37. The largest absolute Gasteiger partial charge is 0.340 e. The predicted molar refractivity (Wildman–Crippen MR) is 94.5 cm³/mol. The molecule has 0 bridgehead atoms. The second-order valence-electron chi connectivity index (χ2n) is 7.12. The van der Waals surface area contributed by atoms with Crippen LogP contribution in [-0.2, 0) is 16.0 Å². The molecule has 0 radical (unpaired) electrons. The molecule has 0 unspecified atom stereocenters. The maximum absolute atomic E-state index is 12.7. The first-order chi connectivity index (χ1) is 11.6. The molecule has 0 saturated carbocycles. The SMILES string of the molecule is CCN1C(=O)CCC[C@@]12CCCN(C(=O)CCc1ccccc1)C2. The summed E-state index contributed by atoms with van der Waals surface area (Å²) in [6.07, 6.45) is 6.05. The Morgan fingerprint density at radius 1 is 1.17 bits per heavy atom. The van der Waals surface area contributed by atoms with Gasteiger partial charge in [0, 0.05) is 32.5 Å². The van der Waals surface area contributed by atoms with Crippen LogP contribution in [0.2, 0.25) is 0 Å². The number of amides is 2. The molecule has 1 atom stereocenters. The van der Waals surface area contributed by atoms with Crippen LogP contribution in [-0.4, -0.2) is 46.8 Å². The van der Waals surface area contributed by atoms with Gasteiger partial charge in [-0.3, -0.25) is 9.59 Å². The van der Waals surface area contributed by atoms with Gasteiger partial charge < -0.3 is 9.80 Å². The van der Waals surface area contributed by atoms with Gasteiger partial charge in [-0.25, -0.2) is 0 Å². The number of carbonyl (C=O) groups is 2. The van der Waals surface area contributed by atoms with Crippen molar-refractivity contribution in [1.29, 1.82) is 0 Å². The van der Waals surface area contributed by atoms with Crippen LogP contribution in [0.15, 0.2) is 30.3 Å². The summed E-state index contributed by atoms with van der Waals surface area (Å²) in [7, 11) is 0. The van der Waals surface area contributed by atoms with Crippen LogP contribution in [0.3, 0.4) is 0 Å². The molecular formula is C20H28N2O2. The number of carbonyl (C=O) groups excluding carboxylic acids is 2. The molecule has 1 aromatic rings. The van der Waals surface area contributed by atoms with E-state index < -0.39 is 0 Å². The molecule has 4 heteroatoms. The summed E-state index contributed by atoms with van der Waals surface area (Å²) in [5, 5.41) is 0. The molecule has 2 saturated heterocycles. The number of likely N-dealkylation sites (N-methyl/N-ethyl adjacent to an activating group) is 1. The van der Waals surface area contributed by atoms with Crippen molar-refractivity contribution in [3.05, 3.63) is 35.9 Å². The minimum Gasteiger partial charge on any atom is -0.340 e. The van der Waals surface area contributed by atoms with E-state index in [1.165, 1.54) is 5.56 Å². The zero-order valence-electron chi connectivity index (χ0n) is 14.7. The fourth-order valence-electron chi connectivity index (χ4n) is 4.42. The number of benzene rings is 1. The van der Waals surface area contributed by atoms with E-state index in [9.17, 15) is 9.59 Å². The molecule has 2 amide bonds. The highest BCUT2D eigenvalue weighted by atomic mass is 16.2. The normalized spacial score (nSPS) is 24.5. The number of aryl methyl sites for hydroxylation is 1. The first-order valence-corrected chi connectivity index (χ1v) is 9.27. The lowest BCUT2D eigenvalue weighted by atomic mass is 9.79. The van der Waals surface area contributed by atoms with Gasteiger partial charge in [-0.2, -0.15) is 0 Å². The van der Waals surface area contributed by atoms with Crippen molar-refractivity contribution in [3.63, 3.8) is 0 Å². The lowest BCUT2D eigenvalue weighted by Crippen LogP contribution is -2.63. The molecule has 1 spiro atoms. The minimum atomic E-state index is -0.106. The van der Waals surface area contributed by atoms with Gasteiger partial charge in [-0.05, 0) is 44.6 Å². The van der Waals surface area contributed by atoms with Crippen molar-refractivity contribution in [1.82, 2.24) is 9.80 Å². The highest BCUT2D eigenvalue weighted by Gasteiger charge is 2.45. The Kier molecular flexibility index (Phi) is 5.22. The molecule has 2 aliphatic heterocycles. The van der Waals surface area contributed by atoms with E-state index in [-0.39, 0.29) is 17.4 Å². The fourth-order valence-corrected chi connectivity index (χ4v) is 4.42. The average Bonchev–Trinajstić information content (AvgIpc) is 2.61. The van der Waals surface area contributed by atoms with Crippen molar-refractivity contribution in [3.8, 4) is 0 Å². The van der Waals surface area contributed by atoms with Gasteiger partial charge in [0.15, 0.2) is 0 Å². The Labute approximate surface area is 144 Å². The summed E-state index contributed by atoms with van der Waals surface area (Å²) in [6, 6.07) is 10.2. The zero-order valence-corrected chi connectivity index (χ0v) is 14.7. The number of rotatable bonds is 4. The second kappa shape index (κ2) is 7.37. The zero-order chi connectivity index (χ0) is 17.0.